The van der Waals surface area contributed by atoms with Gasteiger partial charge in [0.25, 0.3) is 0 Å². The Morgan fingerprint density at radius 3 is 2.95 bits per heavy atom. The van der Waals surface area contributed by atoms with Gasteiger partial charge in [0.2, 0.25) is 0 Å². The van der Waals surface area contributed by atoms with Crippen LogP contribution in [0.4, 0.5) is 0 Å². The normalized spacial score (nSPS) is 16.1. The Morgan fingerprint density at radius 1 is 1.42 bits per heavy atom. The first-order valence-corrected chi connectivity index (χ1v) is 7.38. The van der Waals surface area contributed by atoms with E-state index in [-0.39, 0.29) is 6.10 Å². The maximum atomic E-state index is 6.05. The number of ether oxygens (including phenoxy) is 1. The highest BCUT2D eigenvalue weighted by molar-refractivity contribution is 5.34. The molecule has 0 spiro atoms. The largest absolute Gasteiger partial charge is 0.490 e. The fraction of sp³-hybridized carbons (Fsp3) is 0.529. The van der Waals surface area contributed by atoms with Crippen molar-refractivity contribution in [2.24, 2.45) is 0 Å². The fourth-order valence-corrected chi connectivity index (χ4v) is 2.20. The monoisotopic (exact) mass is 259 g/mol. The average Bonchev–Trinajstić information content (AvgIpc) is 3.21. The van der Waals surface area contributed by atoms with Crippen molar-refractivity contribution in [3.05, 3.63) is 42.5 Å². The lowest BCUT2D eigenvalue weighted by molar-refractivity contribution is 0.205. The van der Waals surface area contributed by atoms with E-state index < -0.39 is 0 Å². The molecular formula is C17H25NO. The summed E-state index contributed by atoms with van der Waals surface area (Å²) < 4.78 is 6.05. The number of benzene rings is 1. The lowest BCUT2D eigenvalue weighted by Crippen LogP contribution is -2.20. The summed E-state index contributed by atoms with van der Waals surface area (Å²) >= 11 is 0. The van der Waals surface area contributed by atoms with E-state index in [4.69, 9.17) is 4.74 Å². The number of rotatable bonds is 9. The fourth-order valence-electron chi connectivity index (χ4n) is 2.20. The molecule has 1 fully saturated rings. The van der Waals surface area contributed by atoms with Gasteiger partial charge >= 0.3 is 0 Å². The predicted molar refractivity (Wildman–Crippen MR) is 80.7 cm³/mol. The van der Waals surface area contributed by atoms with E-state index in [2.05, 4.69) is 37.0 Å². The lowest BCUT2D eigenvalue weighted by Gasteiger charge is -2.17. The third kappa shape index (κ3) is 5.07. The Kier molecular flexibility index (Phi) is 5.46. The van der Waals surface area contributed by atoms with Crippen LogP contribution in [0.3, 0.4) is 0 Å². The number of nitrogens with one attached hydrogen (secondary N) is 1. The Balaban J connectivity index is 1.73. The molecule has 2 nitrogen and oxygen atoms in total. The third-order valence-electron chi connectivity index (χ3n) is 3.46. The van der Waals surface area contributed by atoms with Crippen molar-refractivity contribution in [2.75, 3.05) is 6.54 Å². The van der Waals surface area contributed by atoms with E-state index in [0.29, 0.717) is 0 Å². The first-order chi connectivity index (χ1) is 9.29. The van der Waals surface area contributed by atoms with E-state index in [1.807, 2.05) is 12.1 Å². The van der Waals surface area contributed by atoms with Gasteiger partial charge in [-0.25, -0.2) is 0 Å². The molecule has 0 amide bonds. The molecule has 1 atom stereocenters. The van der Waals surface area contributed by atoms with Crippen LogP contribution in [0.1, 0.15) is 38.2 Å². The summed E-state index contributed by atoms with van der Waals surface area (Å²) in [6, 6.07) is 9.06. The first kappa shape index (κ1) is 14.1. The van der Waals surface area contributed by atoms with Crippen molar-refractivity contribution in [3.63, 3.8) is 0 Å². The van der Waals surface area contributed by atoms with Gasteiger partial charge in [-0.05, 0) is 57.2 Å². The molecule has 1 saturated carbocycles. The summed E-state index contributed by atoms with van der Waals surface area (Å²) in [5.74, 6) is 1.00. The van der Waals surface area contributed by atoms with Crippen LogP contribution in [-0.2, 0) is 6.42 Å². The molecule has 1 unspecified atom stereocenters. The van der Waals surface area contributed by atoms with Crippen LogP contribution in [0.2, 0.25) is 0 Å². The second-order valence-corrected chi connectivity index (χ2v) is 5.40. The van der Waals surface area contributed by atoms with Gasteiger partial charge < -0.3 is 10.1 Å². The van der Waals surface area contributed by atoms with Crippen molar-refractivity contribution in [2.45, 2.75) is 51.2 Å². The molecule has 1 aromatic rings. The standard InChI is InChI=1S/C17H25NO/c1-3-7-15-9-4-5-10-17(15)19-14(2)8-6-13-18-16-11-12-16/h3-5,9-10,14,16,18H,1,6-8,11-13H2,2H3. The van der Waals surface area contributed by atoms with Crippen molar-refractivity contribution < 1.29 is 4.74 Å². The Morgan fingerprint density at radius 2 is 2.21 bits per heavy atom. The Hall–Kier alpha value is -1.28. The summed E-state index contributed by atoms with van der Waals surface area (Å²) in [5.41, 5.74) is 1.22. The molecule has 1 aromatic carbocycles. The van der Waals surface area contributed by atoms with Crippen LogP contribution in [0.15, 0.2) is 36.9 Å². The van der Waals surface area contributed by atoms with E-state index >= 15 is 0 Å². The average molecular weight is 259 g/mol. The molecule has 1 aliphatic rings. The van der Waals surface area contributed by atoms with Gasteiger partial charge in [-0.15, -0.1) is 6.58 Å². The molecule has 0 saturated heterocycles. The summed E-state index contributed by atoms with van der Waals surface area (Å²) in [5, 5.41) is 3.54. The molecule has 1 N–H and O–H groups in total. The summed E-state index contributed by atoms with van der Waals surface area (Å²) in [4.78, 5) is 0. The van der Waals surface area contributed by atoms with Gasteiger partial charge in [0.1, 0.15) is 5.75 Å². The second-order valence-electron chi connectivity index (χ2n) is 5.40. The predicted octanol–water partition coefficient (Wildman–Crippen LogP) is 3.71. The quantitative estimate of drug-likeness (QED) is 0.539. The number of para-hydroxylation sites is 1. The molecular weight excluding hydrogens is 234 g/mol. The van der Waals surface area contributed by atoms with Crippen molar-refractivity contribution in [1.82, 2.24) is 5.32 Å². The maximum absolute atomic E-state index is 6.05. The zero-order chi connectivity index (χ0) is 13.5. The number of hydrogen-bond donors (Lipinski definition) is 1. The summed E-state index contributed by atoms with van der Waals surface area (Å²) in [7, 11) is 0. The topological polar surface area (TPSA) is 21.3 Å². The molecule has 0 heterocycles. The molecule has 0 aromatic heterocycles. The van der Waals surface area contributed by atoms with Gasteiger partial charge in [0.05, 0.1) is 6.10 Å². The molecule has 2 rings (SSSR count). The van der Waals surface area contributed by atoms with E-state index in [1.54, 1.807) is 0 Å². The van der Waals surface area contributed by atoms with Gasteiger partial charge in [-0.3, -0.25) is 0 Å². The highest BCUT2D eigenvalue weighted by Gasteiger charge is 2.19. The van der Waals surface area contributed by atoms with E-state index in [0.717, 1.165) is 31.2 Å². The first-order valence-electron chi connectivity index (χ1n) is 7.38. The van der Waals surface area contributed by atoms with Crippen LogP contribution in [0, 0.1) is 0 Å². The van der Waals surface area contributed by atoms with Crippen molar-refractivity contribution in [3.8, 4) is 5.75 Å². The van der Waals surface area contributed by atoms with Gasteiger partial charge in [0.15, 0.2) is 0 Å². The molecule has 104 valence electrons. The van der Waals surface area contributed by atoms with Crippen molar-refractivity contribution in [1.29, 1.82) is 0 Å². The van der Waals surface area contributed by atoms with Gasteiger partial charge in [0, 0.05) is 6.04 Å². The SMILES string of the molecule is C=CCc1ccccc1OC(C)CCCNC1CC1. The van der Waals surface area contributed by atoms with Crippen LogP contribution >= 0.6 is 0 Å². The lowest BCUT2D eigenvalue weighted by atomic mass is 10.1. The Labute approximate surface area is 116 Å². The molecule has 0 radical (unpaired) electrons. The zero-order valence-electron chi connectivity index (χ0n) is 11.9. The summed E-state index contributed by atoms with van der Waals surface area (Å²) in [6.07, 6.45) is 8.07. The van der Waals surface area contributed by atoms with E-state index in [9.17, 15) is 0 Å². The molecule has 19 heavy (non-hydrogen) atoms. The minimum absolute atomic E-state index is 0.270. The minimum atomic E-state index is 0.270. The molecule has 1 aliphatic carbocycles. The van der Waals surface area contributed by atoms with Crippen LogP contribution < -0.4 is 10.1 Å². The smallest absolute Gasteiger partial charge is 0.123 e. The summed E-state index contributed by atoms with van der Waals surface area (Å²) in [6.45, 7) is 7.07. The van der Waals surface area contributed by atoms with Gasteiger partial charge in [-0.2, -0.15) is 0 Å². The van der Waals surface area contributed by atoms with Crippen LogP contribution in [-0.4, -0.2) is 18.7 Å². The molecule has 0 aliphatic heterocycles. The molecule has 2 heteroatoms. The third-order valence-corrected chi connectivity index (χ3v) is 3.46. The Bertz CT molecular complexity index is 398. The van der Waals surface area contributed by atoms with E-state index in [1.165, 1.54) is 24.8 Å². The maximum Gasteiger partial charge on any atom is 0.123 e. The van der Waals surface area contributed by atoms with Crippen LogP contribution in [0.25, 0.3) is 0 Å². The zero-order valence-corrected chi connectivity index (χ0v) is 11.9. The highest BCUT2D eigenvalue weighted by atomic mass is 16.5. The molecule has 0 bridgehead atoms. The highest BCUT2D eigenvalue weighted by Crippen LogP contribution is 2.21. The second kappa shape index (κ2) is 7.34. The minimum Gasteiger partial charge on any atom is -0.490 e. The number of hydrogen-bond acceptors (Lipinski definition) is 2. The van der Waals surface area contributed by atoms with Crippen LogP contribution in [0.5, 0.6) is 5.75 Å². The van der Waals surface area contributed by atoms with Crippen molar-refractivity contribution >= 4 is 0 Å². The van der Waals surface area contributed by atoms with Gasteiger partial charge in [-0.1, -0.05) is 24.3 Å². The number of allylic oxidation sites excluding steroid dienone is 1.